The third-order valence-electron chi connectivity index (χ3n) is 12.3. The molecule has 4 heteroatoms. The second-order valence-corrected chi connectivity index (χ2v) is 94.3. The molecule has 0 aromatic heterocycles. The molecule has 0 nitrogen and oxygen atoms in total. The van der Waals surface area contributed by atoms with Gasteiger partial charge in [-0.3, -0.25) is 0 Å². The zero-order valence-electron chi connectivity index (χ0n) is 23.9. The molecule has 40 heavy (non-hydrogen) atoms. The van der Waals surface area contributed by atoms with Gasteiger partial charge in [-0.1, -0.05) is 0 Å². The van der Waals surface area contributed by atoms with Gasteiger partial charge in [0.15, 0.2) is 0 Å². The van der Waals surface area contributed by atoms with Crippen molar-refractivity contribution in [1.29, 1.82) is 0 Å². The minimum atomic E-state index is -4.89. The molecule has 0 heterocycles. The van der Waals surface area contributed by atoms with Crippen LogP contribution in [0.1, 0.15) is 43.5 Å². The van der Waals surface area contributed by atoms with Crippen LogP contribution in [0.25, 0.3) is 34.4 Å². The summed E-state index contributed by atoms with van der Waals surface area (Å²) in [7, 11) is 0. The van der Waals surface area contributed by atoms with Gasteiger partial charge >= 0.3 is 247 Å². The fourth-order valence-electron chi connectivity index (χ4n) is 8.12. The van der Waals surface area contributed by atoms with Gasteiger partial charge in [0.25, 0.3) is 0 Å². The molecule has 0 amide bonds. The Hall–Kier alpha value is -1.97. The zero-order valence-corrected chi connectivity index (χ0v) is 30.4. The first-order valence-electron chi connectivity index (χ1n) is 14.5. The van der Waals surface area contributed by atoms with Crippen molar-refractivity contribution < 1.29 is 14.2 Å². The summed E-state index contributed by atoms with van der Waals surface area (Å²) in [6.07, 6.45) is 10.0. The Bertz CT molecular complexity index is 1730. The molecule has 6 rings (SSSR count). The van der Waals surface area contributed by atoms with Gasteiger partial charge in [0.2, 0.25) is 0 Å². The number of allylic oxidation sites excluding steroid dienone is 2. The predicted octanol–water partition coefficient (Wildman–Crippen LogP) is 11.4. The van der Waals surface area contributed by atoms with Gasteiger partial charge < -0.3 is 0 Å². The van der Waals surface area contributed by atoms with Crippen LogP contribution in [0.4, 0.5) is 0 Å². The molecule has 2 aliphatic carbocycles. The monoisotopic (exact) mass is 748 g/mol. The maximum absolute atomic E-state index is 6.25. The van der Waals surface area contributed by atoms with Crippen molar-refractivity contribution in [2.24, 2.45) is 0 Å². The van der Waals surface area contributed by atoms with Gasteiger partial charge in [0.1, 0.15) is 0 Å². The number of benzene rings is 4. The molecule has 0 saturated heterocycles. The Morgan fingerprint density at radius 3 is 1.32 bits per heavy atom. The third-order valence-corrected chi connectivity index (χ3v) is 76.0. The van der Waals surface area contributed by atoms with E-state index in [-0.39, 0.29) is 0 Å². The van der Waals surface area contributed by atoms with Crippen LogP contribution in [-0.4, -0.2) is 6.94 Å². The Morgan fingerprint density at radius 2 is 0.975 bits per heavy atom. The Kier molecular flexibility index (Phi) is 6.01. The van der Waals surface area contributed by atoms with Crippen LogP contribution in [0.2, 0.25) is 27.8 Å². The van der Waals surface area contributed by atoms with E-state index >= 15 is 0 Å². The van der Waals surface area contributed by atoms with Gasteiger partial charge in [-0.2, -0.15) is 0 Å². The predicted molar refractivity (Wildman–Crippen MR) is 179 cm³/mol. The fourth-order valence-corrected chi connectivity index (χ4v) is 43.2. The van der Waals surface area contributed by atoms with E-state index in [2.05, 4.69) is 115 Å². The number of hydrogen-bond acceptors (Lipinski definition) is 0. The molecule has 204 valence electrons. The van der Waals surface area contributed by atoms with Gasteiger partial charge in [0.05, 0.1) is 0 Å². The van der Waals surface area contributed by atoms with Crippen LogP contribution in [0.15, 0.2) is 97.1 Å². The van der Waals surface area contributed by atoms with Gasteiger partial charge in [-0.05, 0) is 0 Å². The van der Waals surface area contributed by atoms with Crippen LogP contribution < -0.4 is 0 Å². The number of halogens is 2. The quantitative estimate of drug-likeness (QED) is 0.172. The van der Waals surface area contributed by atoms with Crippen LogP contribution in [-0.2, 0) is 14.2 Å². The summed E-state index contributed by atoms with van der Waals surface area (Å²) in [6, 6.07) is 30.5. The first-order valence-corrected chi connectivity index (χ1v) is 40.0. The van der Waals surface area contributed by atoms with Crippen LogP contribution in [0.5, 0.6) is 0 Å². The van der Waals surface area contributed by atoms with Crippen molar-refractivity contribution >= 4 is 42.3 Å². The Labute approximate surface area is 245 Å². The maximum atomic E-state index is 6.25. The van der Waals surface area contributed by atoms with E-state index in [0.717, 1.165) is 10.0 Å². The van der Waals surface area contributed by atoms with Crippen molar-refractivity contribution in [3.8, 4) is 22.3 Å². The summed E-state index contributed by atoms with van der Waals surface area (Å²) in [5.41, 5.74) is 10.8. The molecule has 2 unspecified atom stereocenters. The molecule has 0 saturated carbocycles. The first kappa shape index (κ1) is 28.2. The SMILES string of the molecule is C[CH2][Hf]([CH3])([CH3])(=[SiH2])([CH2]C)([CH]1C=Cc2c(-c3ccc(Cl)cc3)cccc21)[CH]1C=Cc2c(-c3ccc(Cl)cc3)cccc21. The molecule has 0 N–H and O–H groups in total. The van der Waals surface area contributed by atoms with Crippen LogP contribution in [0, 0.1) is 0 Å². The second kappa shape index (κ2) is 8.54. The zero-order chi connectivity index (χ0) is 28.4. The van der Waals surface area contributed by atoms with E-state index in [0.29, 0.717) is 7.35 Å². The molecule has 0 bridgehead atoms. The third kappa shape index (κ3) is 3.79. The number of hydrogen-bond donors (Lipinski definition) is 0. The molecule has 2 atom stereocenters. The normalized spacial score (nSPS) is 20.3. The van der Waals surface area contributed by atoms with E-state index in [1.165, 1.54) is 52.9 Å². The van der Waals surface area contributed by atoms with E-state index in [9.17, 15) is 0 Å². The molecule has 0 spiro atoms. The summed E-state index contributed by atoms with van der Waals surface area (Å²) < 4.78 is 8.80. The average Bonchev–Trinajstić information content (AvgIpc) is 3.62. The van der Waals surface area contributed by atoms with Gasteiger partial charge in [0, 0.05) is 0 Å². The topological polar surface area (TPSA) is 0 Å². The summed E-state index contributed by atoms with van der Waals surface area (Å²) in [4.78, 5) is 0. The van der Waals surface area contributed by atoms with Crippen molar-refractivity contribution in [1.82, 2.24) is 0 Å². The van der Waals surface area contributed by atoms with Crippen molar-refractivity contribution in [3.05, 3.63) is 129 Å². The van der Waals surface area contributed by atoms with E-state index in [1.807, 2.05) is 24.3 Å². The number of fused-ring (bicyclic) bond motifs is 2. The summed E-state index contributed by atoms with van der Waals surface area (Å²) in [6.45, 7) is 7.44. The van der Waals surface area contributed by atoms with E-state index in [4.69, 9.17) is 23.2 Å². The fraction of sp³-hybridized carbons (Fsp3) is 0.222. The molecule has 0 aliphatic heterocycles. The minimum absolute atomic E-state index is 0.402. The van der Waals surface area contributed by atoms with Crippen LogP contribution in [0.3, 0.4) is 0 Å². The first-order chi connectivity index (χ1) is 18.9. The summed E-state index contributed by atoms with van der Waals surface area (Å²) in [5, 5.41) is 1.55. The van der Waals surface area contributed by atoms with Gasteiger partial charge in [-0.15, -0.1) is 0 Å². The standard InChI is InChI=1S/2C15H10Cl.2C2H5.2CH3.Hf.H2Si/c2*16-13-9-7-12(8-10-13)15-6-2-4-11-3-1-5-14(11)15;2*1-2;;;;/h2*1-10H;2*1H2,2H3;2*1H3;;1H2. The van der Waals surface area contributed by atoms with Crippen molar-refractivity contribution in [2.75, 3.05) is 0 Å². The molecular weight excluding hydrogens is 710 g/mol. The second-order valence-electron chi connectivity index (χ2n) is 14.9. The van der Waals surface area contributed by atoms with Gasteiger partial charge in [-0.25, -0.2) is 0 Å². The molecule has 4 aromatic rings. The molecule has 0 fully saturated rings. The Morgan fingerprint density at radius 1 is 0.600 bits per heavy atom. The van der Waals surface area contributed by atoms with Crippen molar-refractivity contribution in [2.45, 2.75) is 38.9 Å². The Balaban J connectivity index is 1.57. The molecular formula is C36H38Cl2HfSi. The molecule has 0 radical (unpaired) electrons. The summed E-state index contributed by atoms with van der Waals surface area (Å²) in [5.74, 6) is 0. The summed E-state index contributed by atoms with van der Waals surface area (Å²) >= 11 is 7.60. The molecule has 4 aromatic carbocycles. The van der Waals surface area contributed by atoms with E-state index in [1.54, 1.807) is 0 Å². The van der Waals surface area contributed by atoms with Crippen molar-refractivity contribution in [3.63, 3.8) is 0 Å². The number of rotatable bonds is 6. The van der Waals surface area contributed by atoms with E-state index < -0.39 is 14.2 Å². The molecule has 2 aliphatic rings. The van der Waals surface area contributed by atoms with Crippen LogP contribution >= 0.6 is 23.2 Å². The average molecular weight is 748 g/mol.